The number of hydrogen-bond acceptors (Lipinski definition) is 4. The fourth-order valence-corrected chi connectivity index (χ4v) is 1.35. The summed E-state index contributed by atoms with van der Waals surface area (Å²) in [6.07, 6.45) is 2.75. The zero-order valence-electron chi connectivity index (χ0n) is 9.63. The van der Waals surface area contributed by atoms with Gasteiger partial charge >= 0.3 is 0 Å². The molecule has 1 aromatic heterocycles. The van der Waals surface area contributed by atoms with E-state index in [1.54, 1.807) is 18.2 Å². The first-order chi connectivity index (χ1) is 9.20. The summed E-state index contributed by atoms with van der Waals surface area (Å²) in [5, 5.41) is 12.2. The summed E-state index contributed by atoms with van der Waals surface area (Å²) in [5.41, 5.74) is 2.12. The van der Waals surface area contributed by atoms with Gasteiger partial charge in [0, 0.05) is 0 Å². The Kier molecular flexibility index (Phi) is 3.69. The number of carbonyl (C=O) groups is 1. The summed E-state index contributed by atoms with van der Waals surface area (Å²) in [6.45, 7) is 0. The van der Waals surface area contributed by atoms with E-state index in [0.717, 1.165) is 6.07 Å². The highest BCUT2D eigenvalue weighted by Crippen LogP contribution is 2.09. The first kappa shape index (κ1) is 12.5. The van der Waals surface area contributed by atoms with Crippen LogP contribution in [-0.4, -0.2) is 12.1 Å². The van der Waals surface area contributed by atoms with Gasteiger partial charge in [0.2, 0.25) is 0 Å². The molecule has 0 fully saturated rings. The molecule has 19 heavy (non-hydrogen) atoms. The SMILES string of the molecule is N#Cc1ccc(C(=O)N/N=C\c2ccco2)c(F)c1. The van der Waals surface area contributed by atoms with Crippen molar-refractivity contribution < 1.29 is 13.6 Å². The Morgan fingerprint density at radius 2 is 2.32 bits per heavy atom. The number of rotatable bonds is 3. The molecule has 0 saturated heterocycles. The Hall–Kier alpha value is -2.94. The Bertz CT molecular complexity index is 657. The largest absolute Gasteiger partial charge is 0.463 e. The zero-order valence-corrected chi connectivity index (χ0v) is 9.63. The van der Waals surface area contributed by atoms with Crippen molar-refractivity contribution in [2.24, 2.45) is 5.10 Å². The van der Waals surface area contributed by atoms with Crippen molar-refractivity contribution in [3.63, 3.8) is 0 Å². The second kappa shape index (κ2) is 5.60. The summed E-state index contributed by atoms with van der Waals surface area (Å²) in [5.74, 6) is -1.02. The summed E-state index contributed by atoms with van der Waals surface area (Å²) >= 11 is 0. The molecule has 5 nitrogen and oxygen atoms in total. The van der Waals surface area contributed by atoms with Crippen molar-refractivity contribution in [1.29, 1.82) is 5.26 Å². The molecule has 2 rings (SSSR count). The quantitative estimate of drug-likeness (QED) is 0.675. The van der Waals surface area contributed by atoms with Crippen LogP contribution in [0.1, 0.15) is 21.7 Å². The summed E-state index contributed by atoms with van der Waals surface area (Å²) in [7, 11) is 0. The summed E-state index contributed by atoms with van der Waals surface area (Å²) in [4.78, 5) is 11.6. The van der Waals surface area contributed by atoms with E-state index >= 15 is 0 Å². The third-order valence-electron chi connectivity index (χ3n) is 2.24. The topological polar surface area (TPSA) is 78.4 Å². The first-order valence-corrected chi connectivity index (χ1v) is 5.27. The number of nitrogens with zero attached hydrogens (tertiary/aromatic N) is 2. The molecule has 0 saturated carbocycles. The van der Waals surface area contributed by atoms with Crippen LogP contribution in [0.3, 0.4) is 0 Å². The van der Waals surface area contributed by atoms with Crippen LogP contribution >= 0.6 is 0 Å². The van der Waals surface area contributed by atoms with Gasteiger partial charge in [-0.1, -0.05) is 0 Å². The molecule has 1 N–H and O–H groups in total. The Balaban J connectivity index is 2.06. The van der Waals surface area contributed by atoms with E-state index in [4.69, 9.17) is 9.68 Å². The van der Waals surface area contributed by atoms with Crippen LogP contribution < -0.4 is 5.43 Å². The molecule has 6 heteroatoms. The smallest absolute Gasteiger partial charge is 0.274 e. The maximum Gasteiger partial charge on any atom is 0.274 e. The third-order valence-corrected chi connectivity index (χ3v) is 2.24. The molecular weight excluding hydrogens is 249 g/mol. The van der Waals surface area contributed by atoms with Gasteiger partial charge in [-0.05, 0) is 30.3 Å². The molecule has 1 heterocycles. The van der Waals surface area contributed by atoms with Gasteiger partial charge in [0.15, 0.2) is 0 Å². The zero-order chi connectivity index (χ0) is 13.7. The Morgan fingerprint density at radius 1 is 1.47 bits per heavy atom. The molecule has 0 radical (unpaired) electrons. The van der Waals surface area contributed by atoms with Gasteiger partial charge in [-0.3, -0.25) is 4.79 Å². The van der Waals surface area contributed by atoms with E-state index in [1.807, 2.05) is 0 Å². The fraction of sp³-hybridized carbons (Fsp3) is 0. The number of nitrogens with one attached hydrogen (secondary N) is 1. The minimum absolute atomic E-state index is 0.146. The number of hydrogen-bond donors (Lipinski definition) is 1. The summed E-state index contributed by atoms with van der Waals surface area (Å²) in [6, 6.07) is 8.68. The molecule has 0 aliphatic carbocycles. The molecule has 0 bridgehead atoms. The van der Waals surface area contributed by atoms with Gasteiger partial charge in [0.1, 0.15) is 11.6 Å². The standard InChI is InChI=1S/C13H8FN3O2/c14-12-6-9(7-15)3-4-11(12)13(18)17-16-8-10-2-1-5-19-10/h1-6,8H,(H,17,18)/b16-8-. The number of carbonyl (C=O) groups excluding carboxylic acids is 1. The van der Waals surface area contributed by atoms with Crippen LogP contribution in [0.25, 0.3) is 0 Å². The van der Waals surface area contributed by atoms with Gasteiger partial charge < -0.3 is 4.42 Å². The maximum absolute atomic E-state index is 13.5. The molecule has 0 atom stereocenters. The van der Waals surface area contributed by atoms with Gasteiger partial charge in [-0.15, -0.1) is 0 Å². The number of furan rings is 1. The number of hydrazone groups is 1. The van der Waals surface area contributed by atoms with Crippen molar-refractivity contribution in [1.82, 2.24) is 5.43 Å². The summed E-state index contributed by atoms with van der Waals surface area (Å²) < 4.78 is 18.5. The average molecular weight is 257 g/mol. The molecule has 2 aromatic rings. The lowest BCUT2D eigenvalue weighted by Crippen LogP contribution is -2.19. The van der Waals surface area contributed by atoms with E-state index in [0.29, 0.717) is 5.76 Å². The molecular formula is C13H8FN3O2. The van der Waals surface area contributed by atoms with Crippen LogP contribution in [0.4, 0.5) is 4.39 Å². The van der Waals surface area contributed by atoms with Crippen molar-refractivity contribution in [2.75, 3.05) is 0 Å². The van der Waals surface area contributed by atoms with E-state index in [2.05, 4.69) is 10.5 Å². The molecule has 0 unspecified atom stereocenters. The minimum atomic E-state index is -0.773. The van der Waals surface area contributed by atoms with Crippen LogP contribution in [0.2, 0.25) is 0 Å². The number of halogens is 1. The minimum Gasteiger partial charge on any atom is -0.463 e. The molecule has 0 spiro atoms. The number of nitriles is 1. The highest BCUT2D eigenvalue weighted by molar-refractivity contribution is 5.95. The van der Waals surface area contributed by atoms with Crippen molar-refractivity contribution in [3.05, 3.63) is 59.3 Å². The predicted molar refractivity (Wildman–Crippen MR) is 64.9 cm³/mol. The van der Waals surface area contributed by atoms with E-state index in [1.165, 1.54) is 24.6 Å². The molecule has 1 amide bonds. The Morgan fingerprint density at radius 3 is 2.95 bits per heavy atom. The van der Waals surface area contributed by atoms with Gasteiger partial charge in [-0.2, -0.15) is 10.4 Å². The van der Waals surface area contributed by atoms with Crippen molar-refractivity contribution >= 4 is 12.1 Å². The van der Waals surface area contributed by atoms with Crippen molar-refractivity contribution in [2.45, 2.75) is 0 Å². The lowest BCUT2D eigenvalue weighted by Gasteiger charge is -2.01. The van der Waals surface area contributed by atoms with E-state index in [9.17, 15) is 9.18 Å². The molecule has 0 aliphatic rings. The second-order valence-electron chi connectivity index (χ2n) is 3.52. The van der Waals surface area contributed by atoms with Gasteiger partial charge in [0.05, 0.1) is 29.7 Å². The monoisotopic (exact) mass is 257 g/mol. The third kappa shape index (κ3) is 3.04. The van der Waals surface area contributed by atoms with Gasteiger partial charge in [-0.25, -0.2) is 9.82 Å². The maximum atomic E-state index is 13.5. The Labute approximate surface area is 108 Å². The van der Waals surface area contributed by atoms with E-state index in [-0.39, 0.29) is 11.1 Å². The highest BCUT2D eigenvalue weighted by atomic mass is 19.1. The van der Waals surface area contributed by atoms with Gasteiger partial charge in [0.25, 0.3) is 5.91 Å². The van der Waals surface area contributed by atoms with E-state index < -0.39 is 11.7 Å². The first-order valence-electron chi connectivity index (χ1n) is 5.27. The number of benzene rings is 1. The van der Waals surface area contributed by atoms with Crippen LogP contribution in [-0.2, 0) is 0 Å². The van der Waals surface area contributed by atoms with Crippen molar-refractivity contribution in [3.8, 4) is 6.07 Å². The lowest BCUT2D eigenvalue weighted by atomic mass is 10.1. The predicted octanol–water partition coefficient (Wildman–Crippen LogP) is 2.05. The lowest BCUT2D eigenvalue weighted by molar-refractivity contribution is 0.0951. The average Bonchev–Trinajstić information content (AvgIpc) is 2.91. The number of amides is 1. The highest BCUT2D eigenvalue weighted by Gasteiger charge is 2.11. The normalized spacial score (nSPS) is 10.3. The molecule has 0 aliphatic heterocycles. The van der Waals surface area contributed by atoms with Crippen LogP contribution in [0, 0.1) is 17.1 Å². The molecule has 1 aromatic carbocycles. The van der Waals surface area contributed by atoms with Crippen LogP contribution in [0.15, 0.2) is 46.1 Å². The second-order valence-corrected chi connectivity index (χ2v) is 3.52. The van der Waals surface area contributed by atoms with Crippen LogP contribution in [0.5, 0.6) is 0 Å². The molecule has 94 valence electrons. The fourth-order valence-electron chi connectivity index (χ4n) is 1.35.